The Bertz CT molecular complexity index is 699. The summed E-state index contributed by atoms with van der Waals surface area (Å²) in [5.41, 5.74) is 3.14. The van der Waals surface area contributed by atoms with Crippen LogP contribution < -0.4 is 5.32 Å². The van der Waals surface area contributed by atoms with Crippen molar-refractivity contribution in [1.82, 2.24) is 25.3 Å². The fraction of sp³-hybridized carbons (Fsp3) is 0.267. The molecule has 5 nitrogen and oxygen atoms in total. The maximum Gasteiger partial charge on any atom is 0.0964 e. The molecule has 0 saturated carbocycles. The Labute approximate surface area is 117 Å². The van der Waals surface area contributed by atoms with Crippen LogP contribution in [0.4, 0.5) is 0 Å². The number of para-hydroxylation sites is 1. The Balaban J connectivity index is 1.84. The van der Waals surface area contributed by atoms with Crippen molar-refractivity contribution >= 4 is 10.9 Å². The van der Waals surface area contributed by atoms with E-state index in [4.69, 9.17) is 0 Å². The van der Waals surface area contributed by atoms with Crippen LogP contribution in [0.1, 0.15) is 18.2 Å². The van der Waals surface area contributed by atoms with Crippen LogP contribution in [0.5, 0.6) is 0 Å². The molecule has 0 radical (unpaired) electrons. The normalized spacial score (nSPS) is 11.1. The van der Waals surface area contributed by atoms with E-state index in [0.29, 0.717) is 6.54 Å². The molecule has 3 aromatic rings. The fourth-order valence-corrected chi connectivity index (χ4v) is 2.22. The summed E-state index contributed by atoms with van der Waals surface area (Å²) in [7, 11) is 0. The number of nitrogens with zero attached hydrogens (tertiary/aromatic N) is 4. The molecule has 0 aliphatic carbocycles. The average molecular weight is 267 g/mol. The van der Waals surface area contributed by atoms with Gasteiger partial charge in [0.05, 0.1) is 24.0 Å². The van der Waals surface area contributed by atoms with Gasteiger partial charge in [0.25, 0.3) is 0 Å². The van der Waals surface area contributed by atoms with Crippen LogP contribution >= 0.6 is 0 Å². The molecule has 0 aliphatic rings. The largest absolute Gasteiger partial charge is 0.311 e. The molecule has 5 heteroatoms. The Hall–Kier alpha value is -2.27. The Morgan fingerprint density at radius 1 is 1.20 bits per heavy atom. The second-order valence-corrected chi connectivity index (χ2v) is 4.68. The van der Waals surface area contributed by atoms with Crippen LogP contribution in [0.2, 0.25) is 0 Å². The van der Waals surface area contributed by atoms with Gasteiger partial charge in [0.15, 0.2) is 0 Å². The number of benzene rings is 1. The van der Waals surface area contributed by atoms with Crippen molar-refractivity contribution in [3.05, 3.63) is 54.0 Å². The number of nitrogens with one attached hydrogen (secondary N) is 1. The highest BCUT2D eigenvalue weighted by Crippen LogP contribution is 2.16. The molecular formula is C15H17N5. The minimum atomic E-state index is 0.688. The maximum absolute atomic E-state index is 4.46. The first-order valence-corrected chi connectivity index (χ1v) is 6.79. The molecular weight excluding hydrogens is 250 g/mol. The molecule has 2 aromatic heterocycles. The van der Waals surface area contributed by atoms with E-state index in [1.54, 1.807) is 0 Å². The zero-order valence-corrected chi connectivity index (χ0v) is 11.5. The highest BCUT2D eigenvalue weighted by Gasteiger charge is 2.05. The zero-order valence-electron chi connectivity index (χ0n) is 11.5. The Kier molecular flexibility index (Phi) is 3.69. The molecule has 1 aromatic carbocycles. The van der Waals surface area contributed by atoms with Gasteiger partial charge in [0.2, 0.25) is 0 Å². The zero-order chi connectivity index (χ0) is 13.8. The summed E-state index contributed by atoms with van der Waals surface area (Å²) in [5, 5.41) is 12.7. The van der Waals surface area contributed by atoms with Crippen LogP contribution in [-0.2, 0) is 13.1 Å². The van der Waals surface area contributed by atoms with E-state index in [0.717, 1.165) is 35.2 Å². The third kappa shape index (κ3) is 2.67. The molecule has 0 aliphatic heterocycles. The maximum atomic E-state index is 4.46. The fourth-order valence-electron chi connectivity index (χ4n) is 2.22. The lowest BCUT2D eigenvalue weighted by Crippen LogP contribution is -2.11. The van der Waals surface area contributed by atoms with Crippen molar-refractivity contribution < 1.29 is 0 Å². The van der Waals surface area contributed by atoms with Crippen molar-refractivity contribution in [3.63, 3.8) is 0 Å². The summed E-state index contributed by atoms with van der Waals surface area (Å²) >= 11 is 0. The van der Waals surface area contributed by atoms with Gasteiger partial charge in [-0.05, 0) is 18.2 Å². The van der Waals surface area contributed by atoms with Gasteiger partial charge < -0.3 is 5.32 Å². The van der Waals surface area contributed by atoms with Crippen LogP contribution in [0, 0.1) is 0 Å². The van der Waals surface area contributed by atoms with Gasteiger partial charge >= 0.3 is 0 Å². The number of hydrogen-bond acceptors (Lipinski definition) is 4. The number of fused-ring (bicyclic) bond motifs is 1. The second-order valence-electron chi connectivity index (χ2n) is 4.68. The highest BCUT2D eigenvalue weighted by atomic mass is 15.4. The molecule has 20 heavy (non-hydrogen) atoms. The van der Waals surface area contributed by atoms with E-state index in [2.05, 4.69) is 51.8 Å². The third-order valence-electron chi connectivity index (χ3n) is 3.19. The van der Waals surface area contributed by atoms with E-state index in [1.165, 1.54) is 0 Å². The quantitative estimate of drug-likeness (QED) is 0.768. The molecule has 0 bridgehead atoms. The first-order valence-electron chi connectivity index (χ1n) is 6.79. The summed E-state index contributed by atoms with van der Waals surface area (Å²) in [6.07, 6.45) is 3.80. The van der Waals surface area contributed by atoms with E-state index >= 15 is 0 Å². The molecule has 0 amide bonds. The number of hydrogen-bond donors (Lipinski definition) is 1. The van der Waals surface area contributed by atoms with Gasteiger partial charge in [-0.1, -0.05) is 36.4 Å². The van der Waals surface area contributed by atoms with Gasteiger partial charge in [0, 0.05) is 18.1 Å². The van der Waals surface area contributed by atoms with Crippen molar-refractivity contribution in [2.75, 3.05) is 6.54 Å². The van der Waals surface area contributed by atoms with Crippen molar-refractivity contribution in [2.24, 2.45) is 0 Å². The van der Waals surface area contributed by atoms with Gasteiger partial charge in [0.1, 0.15) is 0 Å². The minimum absolute atomic E-state index is 0.688. The standard InChI is InChI=1S/C15H17N5/c1-2-16-9-14-11-20(19-18-14)10-13-6-3-5-12-7-4-8-17-15(12)13/h3-8,11,16H,2,9-10H2,1H3. The Morgan fingerprint density at radius 3 is 3.00 bits per heavy atom. The molecule has 0 unspecified atom stereocenters. The van der Waals surface area contributed by atoms with E-state index in [9.17, 15) is 0 Å². The molecule has 0 saturated heterocycles. The highest BCUT2D eigenvalue weighted by molar-refractivity contribution is 5.81. The lowest BCUT2D eigenvalue weighted by Gasteiger charge is -2.05. The van der Waals surface area contributed by atoms with Crippen LogP contribution in [-0.4, -0.2) is 26.5 Å². The topological polar surface area (TPSA) is 55.6 Å². The first-order chi connectivity index (χ1) is 9.86. The van der Waals surface area contributed by atoms with Crippen LogP contribution in [0.3, 0.4) is 0 Å². The lowest BCUT2D eigenvalue weighted by molar-refractivity contribution is 0.650. The second kappa shape index (κ2) is 5.79. The van der Waals surface area contributed by atoms with E-state index in [-0.39, 0.29) is 0 Å². The van der Waals surface area contributed by atoms with Gasteiger partial charge in [-0.15, -0.1) is 5.10 Å². The SMILES string of the molecule is CCNCc1cn(Cc2cccc3cccnc23)nn1. The number of aromatic nitrogens is 4. The van der Waals surface area contributed by atoms with Gasteiger partial charge in [-0.25, -0.2) is 4.68 Å². The van der Waals surface area contributed by atoms with Crippen LogP contribution in [0.15, 0.2) is 42.7 Å². The van der Waals surface area contributed by atoms with Gasteiger partial charge in [-0.2, -0.15) is 0 Å². The number of pyridine rings is 1. The molecule has 2 heterocycles. The predicted octanol–water partition coefficient (Wildman–Crippen LogP) is 1.98. The molecule has 0 spiro atoms. The summed E-state index contributed by atoms with van der Waals surface area (Å²) in [4.78, 5) is 4.46. The molecule has 102 valence electrons. The Morgan fingerprint density at radius 2 is 2.10 bits per heavy atom. The van der Waals surface area contributed by atoms with Crippen molar-refractivity contribution in [1.29, 1.82) is 0 Å². The van der Waals surface area contributed by atoms with Crippen molar-refractivity contribution in [2.45, 2.75) is 20.0 Å². The number of rotatable bonds is 5. The monoisotopic (exact) mass is 267 g/mol. The van der Waals surface area contributed by atoms with Crippen LogP contribution in [0.25, 0.3) is 10.9 Å². The molecule has 3 rings (SSSR count). The lowest BCUT2D eigenvalue weighted by atomic mass is 10.1. The third-order valence-corrected chi connectivity index (χ3v) is 3.19. The first kappa shape index (κ1) is 12.7. The summed E-state index contributed by atoms with van der Waals surface area (Å²) in [6.45, 7) is 4.45. The predicted molar refractivity (Wildman–Crippen MR) is 78.2 cm³/mol. The molecule has 0 atom stereocenters. The smallest absolute Gasteiger partial charge is 0.0964 e. The average Bonchev–Trinajstić information content (AvgIpc) is 2.93. The summed E-state index contributed by atoms with van der Waals surface area (Å²) < 4.78 is 1.86. The molecule has 1 N–H and O–H groups in total. The molecule has 0 fully saturated rings. The summed E-state index contributed by atoms with van der Waals surface area (Å²) in [5.74, 6) is 0. The van der Waals surface area contributed by atoms with E-state index < -0.39 is 0 Å². The van der Waals surface area contributed by atoms with E-state index in [1.807, 2.05) is 23.1 Å². The summed E-state index contributed by atoms with van der Waals surface area (Å²) in [6, 6.07) is 10.2. The van der Waals surface area contributed by atoms with Crippen molar-refractivity contribution in [3.8, 4) is 0 Å². The minimum Gasteiger partial charge on any atom is -0.311 e. The van der Waals surface area contributed by atoms with Gasteiger partial charge in [-0.3, -0.25) is 4.98 Å².